The van der Waals surface area contributed by atoms with E-state index in [1.165, 1.54) is 5.56 Å². The number of amides is 1. The van der Waals surface area contributed by atoms with Crippen LogP contribution < -0.4 is 5.32 Å². The molecule has 1 saturated heterocycles. The summed E-state index contributed by atoms with van der Waals surface area (Å²) in [5.41, 5.74) is 1.46. The van der Waals surface area contributed by atoms with Gasteiger partial charge in [0.1, 0.15) is 5.41 Å². The van der Waals surface area contributed by atoms with Gasteiger partial charge in [0.2, 0.25) is 5.91 Å². The first-order chi connectivity index (χ1) is 15.6. The Bertz CT molecular complexity index is 912. The van der Waals surface area contributed by atoms with Gasteiger partial charge in [0.15, 0.2) is 6.29 Å². The van der Waals surface area contributed by atoms with Crippen LogP contribution in [0.2, 0.25) is 0 Å². The summed E-state index contributed by atoms with van der Waals surface area (Å²) in [5, 5.41) is 3.31. The summed E-state index contributed by atoms with van der Waals surface area (Å²) in [5.74, 6) is 0.0518. The summed E-state index contributed by atoms with van der Waals surface area (Å²) < 4.78 is 17.7. The van der Waals surface area contributed by atoms with E-state index >= 15 is 0 Å². The van der Waals surface area contributed by atoms with Crippen molar-refractivity contribution in [1.82, 2.24) is 5.32 Å². The molecule has 2 aromatic carbocycles. The zero-order chi connectivity index (χ0) is 22.6. The van der Waals surface area contributed by atoms with Gasteiger partial charge in [0.05, 0.1) is 13.2 Å². The fourth-order valence-corrected chi connectivity index (χ4v) is 5.72. The molecular weight excluding hydrogens is 402 g/mol. The lowest BCUT2D eigenvalue weighted by atomic mass is 9.58. The van der Waals surface area contributed by atoms with Gasteiger partial charge in [0.25, 0.3) is 0 Å². The third kappa shape index (κ3) is 4.13. The van der Waals surface area contributed by atoms with E-state index in [1.54, 1.807) is 14.2 Å². The molecule has 1 amide bonds. The van der Waals surface area contributed by atoms with E-state index in [-0.39, 0.29) is 29.7 Å². The number of methoxy groups -OCH3 is 2. The summed E-state index contributed by atoms with van der Waals surface area (Å²) in [7, 11) is 3.23. The van der Waals surface area contributed by atoms with Crippen LogP contribution >= 0.6 is 0 Å². The van der Waals surface area contributed by atoms with Crippen molar-refractivity contribution < 1.29 is 19.0 Å². The van der Waals surface area contributed by atoms with E-state index < -0.39 is 11.7 Å². The molecule has 1 N–H and O–H groups in total. The van der Waals surface area contributed by atoms with Crippen LogP contribution in [0.3, 0.4) is 0 Å². The molecular formula is C27H33NO4. The molecule has 1 fully saturated rings. The number of allylic oxidation sites excluding steroid dienone is 1. The molecule has 5 heteroatoms. The molecule has 0 aromatic heterocycles. The Balaban J connectivity index is 1.63. The summed E-state index contributed by atoms with van der Waals surface area (Å²) >= 11 is 0. The average molecular weight is 436 g/mol. The Morgan fingerprint density at radius 2 is 1.56 bits per heavy atom. The molecule has 0 saturated carbocycles. The molecule has 1 heterocycles. The van der Waals surface area contributed by atoms with Crippen molar-refractivity contribution in [1.29, 1.82) is 0 Å². The fourth-order valence-electron chi connectivity index (χ4n) is 5.72. The van der Waals surface area contributed by atoms with Gasteiger partial charge in [-0.3, -0.25) is 4.79 Å². The number of nitrogens with one attached hydrogen (secondary N) is 1. The van der Waals surface area contributed by atoms with Crippen LogP contribution in [0.15, 0.2) is 72.8 Å². The second-order valence-corrected chi connectivity index (χ2v) is 8.88. The highest BCUT2D eigenvalue weighted by atomic mass is 16.7. The molecule has 0 radical (unpaired) electrons. The van der Waals surface area contributed by atoms with Crippen molar-refractivity contribution in [2.45, 2.75) is 32.3 Å². The predicted molar refractivity (Wildman–Crippen MR) is 124 cm³/mol. The van der Waals surface area contributed by atoms with E-state index in [4.69, 9.17) is 14.2 Å². The fraction of sp³-hybridized carbons (Fsp3) is 0.444. The van der Waals surface area contributed by atoms with Crippen molar-refractivity contribution >= 4 is 5.91 Å². The molecule has 0 unspecified atom stereocenters. The van der Waals surface area contributed by atoms with Gasteiger partial charge >= 0.3 is 0 Å². The molecule has 5 nitrogen and oxygen atoms in total. The molecule has 2 aromatic rings. The number of fused-ring (bicyclic) bond motifs is 1. The van der Waals surface area contributed by atoms with Gasteiger partial charge in [-0.05, 0) is 23.5 Å². The van der Waals surface area contributed by atoms with Crippen molar-refractivity contribution in [3.63, 3.8) is 0 Å². The number of hydrogen-bond donors (Lipinski definition) is 1. The highest BCUT2D eigenvalue weighted by molar-refractivity contribution is 5.87. The lowest BCUT2D eigenvalue weighted by Crippen LogP contribution is -2.56. The Morgan fingerprint density at radius 1 is 0.938 bits per heavy atom. The number of carbonyl (C=O) groups excluding carboxylic acids is 1. The van der Waals surface area contributed by atoms with Crippen LogP contribution in [-0.2, 0) is 32.0 Å². The average Bonchev–Trinajstić information content (AvgIpc) is 3.11. The number of rotatable bonds is 9. The maximum atomic E-state index is 13.7. The quantitative estimate of drug-likeness (QED) is 0.478. The summed E-state index contributed by atoms with van der Waals surface area (Å²) in [6.45, 7) is 3.10. The van der Waals surface area contributed by atoms with E-state index in [9.17, 15) is 4.79 Å². The molecule has 170 valence electrons. The number of benzene rings is 2. The molecule has 1 aliphatic heterocycles. The highest BCUT2D eigenvalue weighted by Gasteiger charge is 2.65. The second-order valence-electron chi connectivity index (χ2n) is 8.88. The number of ether oxygens (including phenoxy) is 3. The summed E-state index contributed by atoms with van der Waals surface area (Å²) in [6, 6.07) is 20.4. The zero-order valence-electron chi connectivity index (χ0n) is 19.1. The second kappa shape index (κ2) is 9.99. The molecule has 0 spiro atoms. The van der Waals surface area contributed by atoms with E-state index in [1.807, 2.05) is 48.5 Å². The Kier molecular flexibility index (Phi) is 7.09. The van der Waals surface area contributed by atoms with Crippen LogP contribution in [0.1, 0.15) is 18.1 Å². The number of carbonyl (C=O) groups is 1. The molecule has 2 aliphatic rings. The number of hydrogen-bond acceptors (Lipinski definition) is 4. The van der Waals surface area contributed by atoms with Crippen LogP contribution in [0.4, 0.5) is 0 Å². The first-order valence-corrected chi connectivity index (χ1v) is 11.3. The molecule has 32 heavy (non-hydrogen) atoms. The predicted octanol–water partition coefficient (Wildman–Crippen LogP) is 3.99. The molecule has 1 aliphatic carbocycles. The van der Waals surface area contributed by atoms with Crippen molar-refractivity contribution in [2.75, 3.05) is 20.8 Å². The summed E-state index contributed by atoms with van der Waals surface area (Å²) in [6.07, 6.45) is 4.46. The standard InChI is InChI=1S/C27H33NO4/c1-19-14-15-22(18-32-17-21-12-8-5-9-13-21)27(26(30-2)31-3)24(19)23(28-25(27)29)16-20-10-6-4-7-11-20/h4-15,19,22-24,26H,16-18H2,1-3H3,(H,28,29)/t19-,22-,23+,24+,27-/m1/s1. The van der Waals surface area contributed by atoms with Gasteiger partial charge < -0.3 is 19.5 Å². The maximum Gasteiger partial charge on any atom is 0.232 e. The third-order valence-corrected chi connectivity index (χ3v) is 7.05. The third-order valence-electron chi connectivity index (χ3n) is 7.05. The molecule has 5 atom stereocenters. The lowest BCUT2D eigenvalue weighted by molar-refractivity contribution is -0.213. The van der Waals surface area contributed by atoms with E-state index in [0.717, 1.165) is 12.0 Å². The van der Waals surface area contributed by atoms with Gasteiger partial charge in [-0.1, -0.05) is 79.7 Å². The first-order valence-electron chi connectivity index (χ1n) is 11.3. The van der Waals surface area contributed by atoms with E-state index in [2.05, 4.69) is 36.5 Å². The molecule has 0 bridgehead atoms. The van der Waals surface area contributed by atoms with Crippen LogP contribution in [0.5, 0.6) is 0 Å². The van der Waals surface area contributed by atoms with Gasteiger partial charge in [-0.25, -0.2) is 0 Å². The van der Waals surface area contributed by atoms with Gasteiger partial charge in [-0.15, -0.1) is 0 Å². The van der Waals surface area contributed by atoms with Gasteiger partial charge in [0, 0.05) is 32.1 Å². The van der Waals surface area contributed by atoms with Crippen LogP contribution in [0, 0.1) is 23.2 Å². The summed E-state index contributed by atoms with van der Waals surface area (Å²) in [4.78, 5) is 13.7. The largest absolute Gasteiger partial charge is 0.376 e. The topological polar surface area (TPSA) is 56.8 Å². The highest BCUT2D eigenvalue weighted by Crippen LogP contribution is 2.54. The van der Waals surface area contributed by atoms with Gasteiger partial charge in [-0.2, -0.15) is 0 Å². The van der Waals surface area contributed by atoms with Crippen LogP contribution in [0.25, 0.3) is 0 Å². The van der Waals surface area contributed by atoms with Crippen molar-refractivity contribution in [3.05, 3.63) is 83.9 Å². The smallest absolute Gasteiger partial charge is 0.232 e. The Hall–Kier alpha value is -2.47. The first kappa shape index (κ1) is 22.7. The minimum absolute atomic E-state index is 0.00530. The SMILES string of the molecule is COC(OC)[C@@]12C(=O)N[C@@H](Cc3ccccc3)[C@@H]1[C@H](C)C=C[C@@H]2COCc1ccccc1. The van der Waals surface area contributed by atoms with E-state index in [0.29, 0.717) is 13.2 Å². The van der Waals surface area contributed by atoms with Crippen LogP contribution in [-0.4, -0.2) is 39.1 Å². The minimum Gasteiger partial charge on any atom is -0.376 e. The van der Waals surface area contributed by atoms with Crippen molar-refractivity contribution in [2.24, 2.45) is 23.2 Å². The zero-order valence-corrected chi connectivity index (χ0v) is 19.1. The monoisotopic (exact) mass is 435 g/mol. The normalized spacial score (nSPS) is 29.2. The lowest BCUT2D eigenvalue weighted by Gasteiger charge is -2.47. The Labute approximate surface area is 190 Å². The minimum atomic E-state index is -0.853. The maximum absolute atomic E-state index is 13.7. The van der Waals surface area contributed by atoms with Crippen molar-refractivity contribution in [3.8, 4) is 0 Å². The molecule has 4 rings (SSSR count). The Morgan fingerprint density at radius 3 is 2.19 bits per heavy atom.